The van der Waals surface area contributed by atoms with Crippen LogP contribution in [0.5, 0.6) is 0 Å². The lowest BCUT2D eigenvalue weighted by Crippen LogP contribution is -2.43. The molecule has 0 spiro atoms. The first kappa shape index (κ1) is 11.1. The number of ketones is 1. The summed E-state index contributed by atoms with van der Waals surface area (Å²) in [5.74, 6) is 0.119. The summed E-state index contributed by atoms with van der Waals surface area (Å²) in [6.45, 7) is 7.11. The summed E-state index contributed by atoms with van der Waals surface area (Å²) in [7, 11) is 0. The van der Waals surface area contributed by atoms with Gasteiger partial charge >= 0.3 is 0 Å². The van der Waals surface area contributed by atoms with Gasteiger partial charge in [-0.3, -0.25) is 9.59 Å². The smallest absolute Gasteiger partial charge is 0.220 e. The maximum atomic E-state index is 11.0. The van der Waals surface area contributed by atoms with Gasteiger partial charge in [-0.15, -0.1) is 0 Å². The molecule has 1 amide bonds. The Morgan fingerprint density at radius 3 is 2.08 bits per heavy atom. The predicted molar refractivity (Wildman–Crippen MR) is 47.7 cm³/mol. The average molecular weight is 171 g/mol. The second-order valence-electron chi connectivity index (χ2n) is 3.25. The van der Waals surface area contributed by atoms with Crippen molar-refractivity contribution in [3.63, 3.8) is 0 Å². The Bertz CT molecular complexity index is 175. The Morgan fingerprint density at radius 2 is 1.83 bits per heavy atom. The fourth-order valence-corrected chi connectivity index (χ4v) is 1.01. The lowest BCUT2D eigenvalue weighted by Gasteiger charge is -2.18. The van der Waals surface area contributed by atoms with E-state index in [0.29, 0.717) is 6.42 Å². The molecule has 0 fully saturated rings. The van der Waals surface area contributed by atoms with Crippen LogP contribution in [0.25, 0.3) is 0 Å². The molecule has 12 heavy (non-hydrogen) atoms. The first-order chi connectivity index (χ1) is 5.49. The molecule has 1 atom stereocenters. The predicted octanol–water partition coefficient (Wildman–Crippen LogP) is 1.13. The molecular formula is C9H17NO2. The maximum Gasteiger partial charge on any atom is 0.220 e. The minimum Gasteiger partial charge on any atom is -0.346 e. The van der Waals surface area contributed by atoms with E-state index in [4.69, 9.17) is 0 Å². The molecule has 0 aliphatic rings. The van der Waals surface area contributed by atoms with Crippen LogP contribution in [-0.4, -0.2) is 17.7 Å². The van der Waals surface area contributed by atoms with Gasteiger partial charge in [0.05, 0.1) is 6.04 Å². The van der Waals surface area contributed by atoms with E-state index in [1.54, 1.807) is 6.92 Å². The van der Waals surface area contributed by atoms with E-state index in [1.165, 1.54) is 6.92 Å². The Labute approximate surface area is 73.5 Å². The Balaban J connectivity index is 4.14. The number of carbonyl (C=O) groups excluding carboxylic acids is 2. The van der Waals surface area contributed by atoms with Gasteiger partial charge < -0.3 is 5.32 Å². The largest absolute Gasteiger partial charge is 0.346 e. The fourth-order valence-electron chi connectivity index (χ4n) is 1.01. The Hall–Kier alpha value is -0.860. The van der Waals surface area contributed by atoms with E-state index < -0.39 is 0 Å². The molecule has 3 nitrogen and oxygen atoms in total. The van der Waals surface area contributed by atoms with Crippen LogP contribution < -0.4 is 5.32 Å². The van der Waals surface area contributed by atoms with Gasteiger partial charge in [0, 0.05) is 6.42 Å². The van der Waals surface area contributed by atoms with Crippen LogP contribution in [0.4, 0.5) is 0 Å². The highest BCUT2D eigenvalue weighted by Crippen LogP contribution is 2.02. The highest BCUT2D eigenvalue weighted by atomic mass is 16.2. The first-order valence-electron chi connectivity index (χ1n) is 4.28. The lowest BCUT2D eigenvalue weighted by atomic mass is 10.0. The van der Waals surface area contributed by atoms with Crippen molar-refractivity contribution >= 4 is 11.7 Å². The molecular weight excluding hydrogens is 154 g/mol. The molecule has 0 heterocycles. The van der Waals surface area contributed by atoms with Crippen LogP contribution in [0.15, 0.2) is 0 Å². The third-order valence-corrected chi connectivity index (χ3v) is 1.74. The molecule has 70 valence electrons. The summed E-state index contributed by atoms with van der Waals surface area (Å²) in [6.07, 6.45) is 0.427. The van der Waals surface area contributed by atoms with Crippen molar-refractivity contribution in [2.75, 3.05) is 0 Å². The minimum absolute atomic E-state index is 0.0202. The van der Waals surface area contributed by atoms with Crippen molar-refractivity contribution in [2.24, 2.45) is 5.92 Å². The molecule has 0 aromatic rings. The van der Waals surface area contributed by atoms with Crippen molar-refractivity contribution in [3.05, 3.63) is 0 Å². The second-order valence-corrected chi connectivity index (χ2v) is 3.25. The van der Waals surface area contributed by atoms with Crippen LogP contribution in [0.2, 0.25) is 0 Å². The number of amides is 1. The lowest BCUT2D eigenvalue weighted by molar-refractivity contribution is -0.127. The van der Waals surface area contributed by atoms with Gasteiger partial charge in [-0.2, -0.15) is 0 Å². The molecule has 0 aromatic carbocycles. The molecule has 0 aliphatic carbocycles. The summed E-state index contributed by atoms with van der Waals surface area (Å²) < 4.78 is 0. The average Bonchev–Trinajstić information content (AvgIpc) is 1.98. The molecule has 3 heteroatoms. The van der Waals surface area contributed by atoms with Gasteiger partial charge in [-0.05, 0) is 12.8 Å². The second kappa shape index (κ2) is 4.91. The molecule has 0 aromatic heterocycles. The van der Waals surface area contributed by atoms with Crippen LogP contribution in [-0.2, 0) is 9.59 Å². The summed E-state index contributed by atoms with van der Waals surface area (Å²) in [5.41, 5.74) is 0. The molecule has 0 unspecified atom stereocenters. The molecule has 0 radical (unpaired) electrons. The van der Waals surface area contributed by atoms with Crippen molar-refractivity contribution < 1.29 is 9.59 Å². The first-order valence-corrected chi connectivity index (χ1v) is 4.28. The summed E-state index contributed by atoms with van der Waals surface area (Å²) in [5, 5.41) is 2.68. The monoisotopic (exact) mass is 171 g/mol. The molecule has 0 bridgehead atoms. The topological polar surface area (TPSA) is 46.2 Å². The van der Waals surface area contributed by atoms with E-state index >= 15 is 0 Å². The van der Waals surface area contributed by atoms with E-state index in [-0.39, 0.29) is 23.7 Å². The minimum atomic E-state index is -0.322. The van der Waals surface area contributed by atoms with E-state index in [2.05, 4.69) is 5.32 Å². The van der Waals surface area contributed by atoms with E-state index in [1.807, 2.05) is 13.8 Å². The van der Waals surface area contributed by atoms with Crippen LogP contribution in [0.3, 0.4) is 0 Å². The fraction of sp³-hybridized carbons (Fsp3) is 0.778. The molecule has 0 aliphatic heterocycles. The molecule has 0 saturated heterocycles. The number of Topliss-reactive ketones (excluding diaryl/α,β-unsaturated/α-hetero) is 1. The summed E-state index contributed by atoms with van der Waals surface area (Å²) in [4.78, 5) is 22.0. The van der Waals surface area contributed by atoms with Crippen molar-refractivity contribution in [1.29, 1.82) is 0 Å². The zero-order valence-corrected chi connectivity index (χ0v) is 8.18. The number of hydrogen-bond acceptors (Lipinski definition) is 2. The SMILES string of the molecule is CCC(=O)N[C@H](C(C)=O)C(C)C. The van der Waals surface area contributed by atoms with Crippen molar-refractivity contribution in [3.8, 4) is 0 Å². The quantitative estimate of drug-likeness (QED) is 0.689. The van der Waals surface area contributed by atoms with Gasteiger partial charge in [0.15, 0.2) is 5.78 Å². The number of hydrogen-bond donors (Lipinski definition) is 1. The Kier molecular flexibility index (Phi) is 4.55. The molecule has 0 rings (SSSR count). The third kappa shape index (κ3) is 3.51. The number of rotatable bonds is 4. The Morgan fingerprint density at radius 1 is 1.33 bits per heavy atom. The molecule has 0 saturated carbocycles. The standard InChI is InChI=1S/C9H17NO2/c1-5-8(12)10-9(6(2)3)7(4)11/h6,9H,5H2,1-4H3,(H,10,12)/t9-/m0/s1. The maximum absolute atomic E-state index is 11.0. The highest BCUT2D eigenvalue weighted by molar-refractivity contribution is 5.87. The third-order valence-electron chi connectivity index (χ3n) is 1.74. The van der Waals surface area contributed by atoms with Crippen molar-refractivity contribution in [2.45, 2.75) is 40.2 Å². The van der Waals surface area contributed by atoms with Gasteiger partial charge in [0.1, 0.15) is 0 Å². The molecule has 1 N–H and O–H groups in total. The highest BCUT2D eigenvalue weighted by Gasteiger charge is 2.19. The zero-order valence-electron chi connectivity index (χ0n) is 8.18. The van der Waals surface area contributed by atoms with Crippen LogP contribution in [0, 0.1) is 5.92 Å². The van der Waals surface area contributed by atoms with Gasteiger partial charge in [-0.1, -0.05) is 20.8 Å². The zero-order chi connectivity index (χ0) is 9.72. The normalized spacial score (nSPS) is 12.8. The van der Waals surface area contributed by atoms with Crippen LogP contribution >= 0.6 is 0 Å². The van der Waals surface area contributed by atoms with Gasteiger partial charge in [-0.25, -0.2) is 0 Å². The number of carbonyl (C=O) groups is 2. The summed E-state index contributed by atoms with van der Waals surface area (Å²) in [6, 6.07) is -0.322. The van der Waals surface area contributed by atoms with E-state index in [0.717, 1.165) is 0 Å². The van der Waals surface area contributed by atoms with Crippen LogP contribution in [0.1, 0.15) is 34.1 Å². The summed E-state index contributed by atoms with van der Waals surface area (Å²) >= 11 is 0. The van der Waals surface area contributed by atoms with Crippen molar-refractivity contribution in [1.82, 2.24) is 5.32 Å². The van der Waals surface area contributed by atoms with Gasteiger partial charge in [0.25, 0.3) is 0 Å². The van der Waals surface area contributed by atoms with Gasteiger partial charge in [0.2, 0.25) is 5.91 Å². The number of nitrogens with one attached hydrogen (secondary N) is 1. The van der Waals surface area contributed by atoms with E-state index in [9.17, 15) is 9.59 Å².